The number of nitrogens with one attached hydrogen (secondary N) is 1. The van der Waals surface area contributed by atoms with Gasteiger partial charge in [-0.15, -0.1) is 0 Å². The second-order valence-corrected chi connectivity index (χ2v) is 7.13. The first-order valence-electron chi connectivity index (χ1n) is 6.40. The summed E-state index contributed by atoms with van der Waals surface area (Å²) in [5, 5.41) is 5.00. The molecule has 1 N–H and O–H groups in total. The predicted molar refractivity (Wildman–Crippen MR) is 87.5 cm³/mol. The lowest BCUT2D eigenvalue weighted by atomic mass is 10.1. The fourth-order valence-corrected chi connectivity index (χ4v) is 3.81. The first-order chi connectivity index (χ1) is 9.08. The number of nitrogens with zero attached hydrogens (tertiary/aromatic N) is 1. The largest absolute Gasteiger partial charge is 0.496 e. The van der Waals surface area contributed by atoms with E-state index < -0.39 is 0 Å². The maximum absolute atomic E-state index is 5.22. The first-order valence-corrected chi connectivity index (χ1v) is 8.07. The first kappa shape index (κ1) is 14.7. The van der Waals surface area contributed by atoms with Crippen molar-refractivity contribution in [3.63, 3.8) is 0 Å². The van der Waals surface area contributed by atoms with E-state index in [0.717, 1.165) is 33.5 Å². The molecule has 1 atom stereocenters. The van der Waals surface area contributed by atoms with Gasteiger partial charge in [0.1, 0.15) is 5.75 Å². The fourth-order valence-electron chi connectivity index (χ4n) is 2.00. The van der Waals surface area contributed by atoms with Crippen LogP contribution in [-0.2, 0) is 0 Å². The van der Waals surface area contributed by atoms with Crippen LogP contribution in [0.2, 0.25) is 0 Å². The van der Waals surface area contributed by atoms with E-state index in [0.29, 0.717) is 5.25 Å². The number of thioether (sulfide) groups is 1. The van der Waals surface area contributed by atoms with Gasteiger partial charge in [-0.3, -0.25) is 4.99 Å². The Morgan fingerprint density at radius 2 is 2.32 bits per heavy atom. The average Bonchev–Trinajstić information content (AvgIpc) is 2.76. The Hall–Kier alpha value is -0.680. The molecule has 0 radical (unpaired) electrons. The third-order valence-electron chi connectivity index (χ3n) is 2.85. The molecular weight excluding hydrogens is 324 g/mol. The minimum absolute atomic E-state index is 0.615. The topological polar surface area (TPSA) is 33.6 Å². The van der Waals surface area contributed by atoms with Gasteiger partial charge in [0.05, 0.1) is 18.1 Å². The van der Waals surface area contributed by atoms with Crippen molar-refractivity contribution < 1.29 is 4.74 Å². The molecule has 1 heterocycles. The molecule has 0 saturated carbocycles. The van der Waals surface area contributed by atoms with Crippen LogP contribution in [0.5, 0.6) is 5.75 Å². The van der Waals surface area contributed by atoms with Crippen LogP contribution < -0.4 is 10.1 Å². The van der Waals surface area contributed by atoms with Crippen molar-refractivity contribution in [2.24, 2.45) is 10.9 Å². The monoisotopic (exact) mass is 342 g/mol. The molecule has 0 saturated heterocycles. The van der Waals surface area contributed by atoms with Crippen LogP contribution in [0.15, 0.2) is 27.7 Å². The summed E-state index contributed by atoms with van der Waals surface area (Å²) in [6, 6.07) is 5.96. The van der Waals surface area contributed by atoms with Gasteiger partial charge in [0.25, 0.3) is 0 Å². The van der Waals surface area contributed by atoms with Gasteiger partial charge in [0.2, 0.25) is 0 Å². The van der Waals surface area contributed by atoms with Crippen molar-refractivity contribution in [2.75, 3.05) is 19.0 Å². The molecule has 2 rings (SSSR count). The summed E-state index contributed by atoms with van der Waals surface area (Å²) >= 11 is 5.33. The Morgan fingerprint density at radius 1 is 1.53 bits per heavy atom. The highest BCUT2D eigenvalue weighted by molar-refractivity contribution is 9.10. The minimum Gasteiger partial charge on any atom is -0.496 e. The molecule has 0 spiro atoms. The van der Waals surface area contributed by atoms with Crippen molar-refractivity contribution in [2.45, 2.75) is 25.5 Å². The van der Waals surface area contributed by atoms with Gasteiger partial charge in [-0.2, -0.15) is 0 Å². The lowest BCUT2D eigenvalue weighted by molar-refractivity contribution is 0.412. The molecule has 0 aromatic heterocycles. The minimum atomic E-state index is 0.615. The number of halogens is 1. The molecule has 104 valence electrons. The van der Waals surface area contributed by atoms with Gasteiger partial charge in [-0.05, 0) is 46.5 Å². The van der Waals surface area contributed by atoms with Crippen LogP contribution in [0.1, 0.15) is 20.3 Å². The highest BCUT2D eigenvalue weighted by Gasteiger charge is 2.20. The van der Waals surface area contributed by atoms with E-state index in [9.17, 15) is 0 Å². The summed E-state index contributed by atoms with van der Waals surface area (Å²) in [5.74, 6) is 1.56. The summed E-state index contributed by atoms with van der Waals surface area (Å²) in [5.41, 5.74) is 1.03. The van der Waals surface area contributed by atoms with Crippen molar-refractivity contribution in [1.82, 2.24) is 0 Å². The van der Waals surface area contributed by atoms with Crippen molar-refractivity contribution in [3.8, 4) is 5.75 Å². The highest BCUT2D eigenvalue weighted by Crippen LogP contribution is 2.30. The van der Waals surface area contributed by atoms with Crippen LogP contribution >= 0.6 is 27.7 Å². The lowest BCUT2D eigenvalue weighted by Crippen LogP contribution is -2.09. The number of benzene rings is 1. The van der Waals surface area contributed by atoms with Gasteiger partial charge < -0.3 is 10.1 Å². The smallest absolute Gasteiger partial charge is 0.161 e. The van der Waals surface area contributed by atoms with Crippen molar-refractivity contribution >= 4 is 38.5 Å². The van der Waals surface area contributed by atoms with Crippen molar-refractivity contribution in [1.29, 1.82) is 0 Å². The number of methoxy groups -OCH3 is 1. The number of ether oxygens (including phenoxy) is 1. The molecule has 0 aliphatic carbocycles. The maximum Gasteiger partial charge on any atom is 0.161 e. The number of hydrogen-bond donors (Lipinski definition) is 1. The molecule has 0 bridgehead atoms. The summed E-state index contributed by atoms with van der Waals surface area (Å²) in [6.07, 6.45) is 1.21. The summed E-state index contributed by atoms with van der Waals surface area (Å²) in [6.45, 7) is 5.43. The zero-order chi connectivity index (χ0) is 13.8. The van der Waals surface area contributed by atoms with Crippen LogP contribution in [0, 0.1) is 5.92 Å². The SMILES string of the molecule is COc1ccc(NC2=NCC(CC(C)C)S2)cc1Br. The fraction of sp³-hybridized carbons (Fsp3) is 0.500. The van der Waals surface area contributed by atoms with Gasteiger partial charge in [0.15, 0.2) is 5.17 Å². The number of anilines is 1. The molecule has 0 amide bonds. The summed E-state index contributed by atoms with van der Waals surface area (Å²) in [7, 11) is 1.67. The van der Waals surface area contributed by atoms with Crippen LogP contribution in [-0.4, -0.2) is 24.1 Å². The van der Waals surface area contributed by atoms with E-state index in [4.69, 9.17) is 4.74 Å². The second kappa shape index (κ2) is 6.66. The Kier molecular flexibility index (Phi) is 5.16. The van der Waals surface area contributed by atoms with E-state index in [2.05, 4.69) is 40.1 Å². The molecule has 1 aliphatic rings. The number of amidine groups is 1. The Balaban J connectivity index is 1.94. The highest BCUT2D eigenvalue weighted by atomic mass is 79.9. The maximum atomic E-state index is 5.22. The number of hydrogen-bond acceptors (Lipinski definition) is 4. The summed E-state index contributed by atoms with van der Waals surface area (Å²) < 4.78 is 6.17. The molecule has 1 aliphatic heterocycles. The molecule has 19 heavy (non-hydrogen) atoms. The third-order valence-corrected chi connectivity index (χ3v) is 4.60. The number of aliphatic imine (C=N–C) groups is 1. The Bertz CT molecular complexity index is 477. The molecule has 1 aromatic rings. The predicted octanol–water partition coefficient (Wildman–Crippen LogP) is 4.39. The zero-order valence-corrected chi connectivity index (χ0v) is 13.8. The van der Waals surface area contributed by atoms with Crippen LogP contribution in [0.25, 0.3) is 0 Å². The standard InChI is InChI=1S/C14H19BrN2OS/c1-9(2)6-11-8-16-14(19-11)17-10-4-5-13(18-3)12(15)7-10/h4-5,7,9,11H,6,8H2,1-3H3,(H,16,17). The van der Waals surface area contributed by atoms with E-state index in [-0.39, 0.29) is 0 Å². The molecule has 1 aromatic carbocycles. The Morgan fingerprint density at radius 3 is 2.95 bits per heavy atom. The summed E-state index contributed by atoms with van der Waals surface area (Å²) in [4.78, 5) is 4.56. The quantitative estimate of drug-likeness (QED) is 0.880. The van der Waals surface area contributed by atoms with Gasteiger partial charge in [-0.25, -0.2) is 0 Å². The number of rotatable bonds is 4. The molecule has 0 fully saturated rings. The molecule has 1 unspecified atom stereocenters. The molecular formula is C14H19BrN2OS. The Labute approximate surface area is 127 Å². The molecule has 3 nitrogen and oxygen atoms in total. The van der Waals surface area contributed by atoms with E-state index in [1.165, 1.54) is 6.42 Å². The van der Waals surface area contributed by atoms with E-state index in [1.807, 2.05) is 30.0 Å². The lowest BCUT2D eigenvalue weighted by Gasteiger charge is -2.12. The van der Waals surface area contributed by atoms with Gasteiger partial charge >= 0.3 is 0 Å². The van der Waals surface area contributed by atoms with E-state index >= 15 is 0 Å². The van der Waals surface area contributed by atoms with Crippen molar-refractivity contribution in [3.05, 3.63) is 22.7 Å². The van der Waals surface area contributed by atoms with Gasteiger partial charge in [-0.1, -0.05) is 25.6 Å². The third kappa shape index (κ3) is 4.14. The zero-order valence-electron chi connectivity index (χ0n) is 11.4. The second-order valence-electron chi connectivity index (χ2n) is 4.99. The van der Waals surface area contributed by atoms with Gasteiger partial charge in [0, 0.05) is 10.9 Å². The van der Waals surface area contributed by atoms with Crippen LogP contribution in [0.3, 0.4) is 0 Å². The van der Waals surface area contributed by atoms with Crippen LogP contribution in [0.4, 0.5) is 5.69 Å². The molecule has 5 heteroatoms. The normalized spacial score (nSPS) is 18.6. The van der Waals surface area contributed by atoms with E-state index in [1.54, 1.807) is 7.11 Å². The average molecular weight is 343 g/mol.